The summed E-state index contributed by atoms with van der Waals surface area (Å²) in [4.78, 5) is 31.1. The fraction of sp³-hybridized carbons (Fsp3) is 0.310. The Morgan fingerprint density at radius 2 is 1.64 bits per heavy atom. The monoisotopic (exact) mass is 504 g/mol. The van der Waals surface area contributed by atoms with Gasteiger partial charge in [-0.15, -0.1) is 0 Å². The normalized spacial score (nSPS) is 19.1. The van der Waals surface area contributed by atoms with Crippen LogP contribution in [0.5, 0.6) is 11.5 Å². The van der Waals surface area contributed by atoms with E-state index < -0.39 is 5.92 Å². The van der Waals surface area contributed by atoms with Gasteiger partial charge in [0.1, 0.15) is 11.5 Å². The lowest BCUT2D eigenvalue weighted by Gasteiger charge is -2.32. The molecule has 6 nitrogen and oxygen atoms in total. The number of fused-ring (bicyclic) bond motifs is 1. The van der Waals surface area contributed by atoms with Crippen molar-refractivity contribution in [1.29, 1.82) is 0 Å². The minimum atomic E-state index is -0.396. The maximum absolute atomic E-state index is 14.0. The first kappa shape index (κ1) is 24.2. The fourth-order valence-corrected chi connectivity index (χ4v) is 5.48. The quantitative estimate of drug-likeness (QED) is 0.501. The number of carbonyl (C=O) groups is 2. The predicted octanol–water partition coefficient (Wildman–Crippen LogP) is 4.80. The minimum Gasteiger partial charge on any atom is -0.497 e. The molecule has 2 atom stereocenters. The molecule has 186 valence electrons. The molecule has 3 aromatic carbocycles. The van der Waals surface area contributed by atoms with E-state index in [0.29, 0.717) is 48.3 Å². The van der Waals surface area contributed by atoms with Gasteiger partial charge in [-0.3, -0.25) is 9.59 Å². The van der Waals surface area contributed by atoms with Crippen molar-refractivity contribution in [2.75, 3.05) is 33.9 Å². The predicted molar refractivity (Wildman–Crippen MR) is 139 cm³/mol. The van der Waals surface area contributed by atoms with Crippen LogP contribution in [0.25, 0.3) is 0 Å². The molecule has 0 radical (unpaired) electrons. The second-order valence-electron chi connectivity index (χ2n) is 9.32. The van der Waals surface area contributed by atoms with Gasteiger partial charge in [0.25, 0.3) is 5.91 Å². The average molecular weight is 505 g/mol. The van der Waals surface area contributed by atoms with Gasteiger partial charge in [0.2, 0.25) is 5.91 Å². The highest BCUT2D eigenvalue weighted by Crippen LogP contribution is 2.41. The van der Waals surface area contributed by atoms with Gasteiger partial charge in [-0.05, 0) is 60.0 Å². The topological polar surface area (TPSA) is 59.1 Å². The molecule has 0 N–H and O–H groups in total. The first-order chi connectivity index (χ1) is 17.5. The van der Waals surface area contributed by atoms with Crippen LogP contribution in [0.15, 0.2) is 66.7 Å². The van der Waals surface area contributed by atoms with Gasteiger partial charge >= 0.3 is 0 Å². The molecule has 0 spiro atoms. The van der Waals surface area contributed by atoms with Gasteiger partial charge in [-0.25, -0.2) is 0 Å². The van der Waals surface area contributed by atoms with Crippen LogP contribution >= 0.6 is 11.6 Å². The van der Waals surface area contributed by atoms with Crippen molar-refractivity contribution in [3.63, 3.8) is 0 Å². The van der Waals surface area contributed by atoms with E-state index in [1.807, 2.05) is 35.2 Å². The highest BCUT2D eigenvalue weighted by molar-refractivity contribution is 6.30. The summed E-state index contributed by atoms with van der Waals surface area (Å²) in [6.45, 7) is 1.99. The molecule has 2 amide bonds. The highest BCUT2D eigenvalue weighted by Gasteiger charge is 2.43. The van der Waals surface area contributed by atoms with Crippen LogP contribution in [0.4, 0.5) is 0 Å². The first-order valence-electron chi connectivity index (χ1n) is 12.1. The van der Waals surface area contributed by atoms with Crippen LogP contribution < -0.4 is 9.47 Å². The number of carbonyl (C=O) groups excluding carboxylic acids is 2. The molecule has 1 saturated heterocycles. The third-order valence-corrected chi connectivity index (χ3v) is 7.55. The molecule has 2 aliphatic rings. The molecular weight excluding hydrogens is 476 g/mol. The second-order valence-corrected chi connectivity index (χ2v) is 9.75. The summed E-state index contributed by atoms with van der Waals surface area (Å²) in [5.74, 6) is 0.696. The Bertz CT molecular complexity index is 1280. The fourth-order valence-electron chi connectivity index (χ4n) is 5.36. The third-order valence-electron chi connectivity index (χ3n) is 7.29. The molecule has 0 bridgehead atoms. The van der Waals surface area contributed by atoms with E-state index in [4.69, 9.17) is 21.1 Å². The summed E-state index contributed by atoms with van der Waals surface area (Å²) >= 11 is 6.03. The number of amides is 2. The lowest BCUT2D eigenvalue weighted by molar-refractivity contribution is -0.136. The smallest absolute Gasteiger partial charge is 0.253 e. The minimum absolute atomic E-state index is 0.0609. The summed E-state index contributed by atoms with van der Waals surface area (Å²) in [6, 6.07) is 20.8. The van der Waals surface area contributed by atoms with Crippen molar-refractivity contribution in [2.45, 2.75) is 18.9 Å². The number of hydrogen-bond acceptors (Lipinski definition) is 4. The van der Waals surface area contributed by atoms with Gasteiger partial charge in [0, 0.05) is 48.2 Å². The Hall–Kier alpha value is -3.51. The number of benzene rings is 3. The average Bonchev–Trinajstić information content (AvgIpc) is 3.37. The van der Waals surface area contributed by atoms with Crippen molar-refractivity contribution in [2.24, 2.45) is 5.92 Å². The van der Waals surface area contributed by atoms with E-state index in [-0.39, 0.29) is 17.7 Å². The van der Waals surface area contributed by atoms with Crippen molar-refractivity contribution in [3.05, 3.63) is 94.0 Å². The Kier molecular flexibility index (Phi) is 6.88. The molecule has 0 unspecified atom stereocenters. The van der Waals surface area contributed by atoms with Gasteiger partial charge in [-0.2, -0.15) is 0 Å². The molecule has 0 saturated carbocycles. The standard InChI is InChI=1S/C29H29ClN2O4/c1-35-23-11-12-27(36-2)24(15-23)25-17-32(28(33)20-7-9-22(30)10-8-20)18-26(25)29(34)31-14-13-19-5-3-4-6-21(19)16-31/h3-12,15,25-26H,13-14,16-18H2,1-2H3/t25-,26+/m1/s1. The molecule has 5 rings (SSSR count). The van der Waals surface area contributed by atoms with Gasteiger partial charge in [0.05, 0.1) is 20.1 Å². The lowest BCUT2D eigenvalue weighted by atomic mass is 9.86. The van der Waals surface area contributed by atoms with Gasteiger partial charge in [0.15, 0.2) is 0 Å². The van der Waals surface area contributed by atoms with Crippen LogP contribution in [0.2, 0.25) is 5.02 Å². The number of likely N-dealkylation sites (tertiary alicyclic amines) is 1. The number of nitrogens with zero attached hydrogens (tertiary/aromatic N) is 2. The Balaban J connectivity index is 1.48. The van der Waals surface area contributed by atoms with Crippen LogP contribution in [0.3, 0.4) is 0 Å². The summed E-state index contributed by atoms with van der Waals surface area (Å²) in [7, 11) is 3.24. The zero-order valence-corrected chi connectivity index (χ0v) is 21.2. The summed E-state index contributed by atoms with van der Waals surface area (Å²) < 4.78 is 11.1. The number of methoxy groups -OCH3 is 2. The van der Waals surface area contributed by atoms with Crippen LogP contribution in [0, 0.1) is 5.92 Å². The summed E-state index contributed by atoms with van der Waals surface area (Å²) in [5, 5.41) is 0.574. The van der Waals surface area contributed by atoms with Crippen molar-refractivity contribution in [3.8, 4) is 11.5 Å². The van der Waals surface area contributed by atoms with Gasteiger partial charge < -0.3 is 19.3 Å². The molecule has 0 aliphatic carbocycles. The SMILES string of the molecule is COc1ccc(OC)c([C@H]2CN(C(=O)c3ccc(Cl)cc3)C[C@@H]2C(=O)N2CCc3ccccc3C2)c1. The number of halogens is 1. The Morgan fingerprint density at radius 3 is 2.36 bits per heavy atom. The summed E-state index contributed by atoms with van der Waals surface area (Å²) in [5.41, 5.74) is 3.90. The lowest BCUT2D eigenvalue weighted by Crippen LogP contribution is -2.42. The Morgan fingerprint density at radius 1 is 0.889 bits per heavy atom. The zero-order valence-electron chi connectivity index (χ0n) is 20.4. The number of rotatable bonds is 5. The van der Waals surface area contributed by atoms with E-state index in [1.54, 1.807) is 43.4 Å². The van der Waals surface area contributed by atoms with E-state index in [2.05, 4.69) is 12.1 Å². The van der Waals surface area contributed by atoms with Crippen molar-refractivity contribution >= 4 is 23.4 Å². The van der Waals surface area contributed by atoms with Crippen LogP contribution in [-0.2, 0) is 17.8 Å². The molecule has 7 heteroatoms. The number of hydrogen-bond donors (Lipinski definition) is 0. The maximum atomic E-state index is 14.0. The molecule has 1 fully saturated rings. The molecule has 3 aromatic rings. The van der Waals surface area contributed by atoms with Crippen molar-refractivity contribution in [1.82, 2.24) is 9.80 Å². The van der Waals surface area contributed by atoms with E-state index in [0.717, 1.165) is 12.0 Å². The van der Waals surface area contributed by atoms with E-state index in [9.17, 15) is 9.59 Å². The molecule has 2 heterocycles. The second kappa shape index (κ2) is 10.2. The van der Waals surface area contributed by atoms with Crippen LogP contribution in [-0.4, -0.2) is 55.5 Å². The maximum Gasteiger partial charge on any atom is 0.253 e. The first-order valence-corrected chi connectivity index (χ1v) is 12.5. The third kappa shape index (κ3) is 4.65. The Labute approximate surface area is 216 Å². The molecule has 2 aliphatic heterocycles. The summed E-state index contributed by atoms with van der Waals surface area (Å²) in [6.07, 6.45) is 0.829. The molecule has 36 heavy (non-hydrogen) atoms. The highest BCUT2D eigenvalue weighted by atomic mass is 35.5. The molecule has 0 aromatic heterocycles. The largest absolute Gasteiger partial charge is 0.497 e. The van der Waals surface area contributed by atoms with Crippen LogP contribution in [0.1, 0.15) is 33.0 Å². The zero-order chi connectivity index (χ0) is 25.2. The molecular formula is C29H29ClN2O4. The van der Waals surface area contributed by atoms with E-state index >= 15 is 0 Å². The number of ether oxygens (including phenoxy) is 2. The van der Waals surface area contributed by atoms with Gasteiger partial charge in [-0.1, -0.05) is 35.9 Å². The van der Waals surface area contributed by atoms with E-state index in [1.165, 1.54) is 11.1 Å². The van der Waals surface area contributed by atoms with Crippen molar-refractivity contribution < 1.29 is 19.1 Å².